The van der Waals surface area contributed by atoms with Crippen molar-refractivity contribution < 1.29 is 46.3 Å². The van der Waals surface area contributed by atoms with Gasteiger partial charge in [0.2, 0.25) is 22.1 Å². The quantitative estimate of drug-likeness (QED) is 0.0273. The first-order valence-corrected chi connectivity index (χ1v) is 28.5. The predicted octanol–water partition coefficient (Wildman–Crippen LogP) is 6.42. The monoisotopic (exact) mass is 1050 g/mol. The Balaban J connectivity index is 1.55. The van der Waals surface area contributed by atoms with Gasteiger partial charge < -0.3 is 33.7 Å². The molecule has 3 atom stereocenters. The van der Waals surface area contributed by atoms with Gasteiger partial charge in [0.25, 0.3) is 0 Å². The first-order valence-electron chi connectivity index (χ1n) is 21.2. The molecule has 4 aromatic rings. The van der Waals surface area contributed by atoms with Crippen molar-refractivity contribution in [3.8, 4) is 0 Å². The van der Waals surface area contributed by atoms with Crippen LogP contribution >= 0.6 is 44.7 Å². The predicted molar refractivity (Wildman–Crippen MR) is 259 cm³/mol. The number of rotatable bonds is 28. The lowest BCUT2D eigenvalue weighted by atomic mass is 10.1. The van der Waals surface area contributed by atoms with Crippen LogP contribution in [0.15, 0.2) is 66.7 Å². The number of benzene rings is 1. The van der Waals surface area contributed by atoms with Crippen molar-refractivity contribution in [2.45, 2.75) is 66.3 Å². The molecule has 0 saturated carbocycles. The van der Waals surface area contributed by atoms with Gasteiger partial charge >= 0.3 is 11.9 Å². The molecular weight excluding hydrogens is 992 g/mol. The van der Waals surface area contributed by atoms with Crippen molar-refractivity contribution in [3.63, 3.8) is 0 Å². The Bertz CT molecular complexity index is 2310. The highest BCUT2D eigenvalue weighted by molar-refractivity contribution is 14.1. The van der Waals surface area contributed by atoms with E-state index in [0.29, 0.717) is 81.0 Å². The van der Waals surface area contributed by atoms with Crippen molar-refractivity contribution in [3.05, 3.63) is 104 Å². The molecule has 0 radical (unpaired) electrons. The lowest BCUT2D eigenvalue weighted by Gasteiger charge is -2.24. The molecule has 16 nitrogen and oxygen atoms in total. The second-order valence-corrected chi connectivity index (χ2v) is 23.5. The maximum atomic E-state index is 13.7. The third kappa shape index (κ3) is 17.5. The Morgan fingerprint density at radius 1 is 0.688 bits per heavy atom. The highest BCUT2D eigenvalue weighted by atomic mass is 127. The van der Waals surface area contributed by atoms with Crippen LogP contribution in [0.4, 0.5) is 0 Å². The van der Waals surface area contributed by atoms with Gasteiger partial charge in [0.15, 0.2) is 0 Å². The van der Waals surface area contributed by atoms with E-state index in [2.05, 4.69) is 48.1 Å². The molecule has 0 fully saturated rings. The zero-order valence-corrected chi connectivity index (χ0v) is 42.7. The number of halogens is 1. The van der Waals surface area contributed by atoms with Gasteiger partial charge in [0, 0.05) is 75.8 Å². The number of methoxy groups -OCH3 is 1. The van der Waals surface area contributed by atoms with E-state index in [-0.39, 0.29) is 49.8 Å². The smallest absolute Gasteiger partial charge is 0.338 e. The van der Waals surface area contributed by atoms with Crippen molar-refractivity contribution in [2.75, 3.05) is 73.1 Å². The minimum absolute atomic E-state index is 0.0793. The fourth-order valence-electron chi connectivity index (χ4n) is 6.58. The Morgan fingerprint density at radius 3 is 1.78 bits per heavy atom. The van der Waals surface area contributed by atoms with Crippen LogP contribution in [-0.4, -0.2) is 105 Å². The molecule has 3 heterocycles. The summed E-state index contributed by atoms with van der Waals surface area (Å²) in [6, 6.07) is 19.9. The summed E-state index contributed by atoms with van der Waals surface area (Å²) < 4.78 is 68.5. The van der Waals surface area contributed by atoms with Crippen LogP contribution in [0.5, 0.6) is 0 Å². The molecule has 0 amide bonds. The van der Waals surface area contributed by atoms with Gasteiger partial charge in [-0.05, 0) is 104 Å². The lowest BCUT2D eigenvalue weighted by molar-refractivity contribution is -0.140. The Morgan fingerprint density at radius 2 is 1.22 bits per heavy atom. The molecule has 0 saturated heterocycles. The fourth-order valence-corrected chi connectivity index (χ4v) is 11.4. The van der Waals surface area contributed by atoms with E-state index in [0.717, 1.165) is 20.4 Å². The molecule has 64 heavy (non-hydrogen) atoms. The minimum atomic E-state index is -3.35. The van der Waals surface area contributed by atoms with E-state index < -0.39 is 28.1 Å². The number of hydrogen-bond donors (Lipinski definition) is 2. The summed E-state index contributed by atoms with van der Waals surface area (Å²) in [5, 5.41) is 6.90. The van der Waals surface area contributed by atoms with Crippen LogP contribution in [0.3, 0.4) is 0 Å². The van der Waals surface area contributed by atoms with E-state index >= 15 is 0 Å². The van der Waals surface area contributed by atoms with Crippen LogP contribution in [0.2, 0.25) is 0 Å². The summed E-state index contributed by atoms with van der Waals surface area (Å²) in [6.45, 7) is 14.0. The SMILES string of the molecule is CCOP(C)(=O)c1cc(I)cc(CNCCN(CCNCc2cc(C(=O)OCc3ccccc3)cc(P(C)(=O)OCC)n2)Cc2cc(CCCC(=O)OC)cc(P(C)(=O)OCC)n2)n1. The summed E-state index contributed by atoms with van der Waals surface area (Å²) in [5.41, 5.74) is 4.81. The third-order valence-corrected chi connectivity index (χ3v) is 15.8. The highest BCUT2D eigenvalue weighted by Crippen LogP contribution is 2.42. The molecule has 20 heteroatoms. The number of nitrogens with one attached hydrogen (secondary N) is 2. The number of carbonyl (C=O) groups excluding carboxylic acids is 2. The normalized spacial score (nSPS) is 14.4. The van der Waals surface area contributed by atoms with Gasteiger partial charge in [0.05, 0.1) is 49.6 Å². The second kappa shape index (κ2) is 26.2. The molecule has 0 bridgehead atoms. The summed E-state index contributed by atoms with van der Waals surface area (Å²) >= 11 is 2.19. The summed E-state index contributed by atoms with van der Waals surface area (Å²) in [5.74, 6) is -0.871. The van der Waals surface area contributed by atoms with Gasteiger partial charge in [-0.3, -0.25) is 23.4 Å². The summed E-state index contributed by atoms with van der Waals surface area (Å²) in [7, 11) is -8.31. The van der Waals surface area contributed by atoms with Crippen molar-refractivity contribution in [1.82, 2.24) is 30.5 Å². The molecule has 4 rings (SSSR count). The number of pyridine rings is 3. The molecular formula is C44H62IN6O10P3. The Hall–Kier alpha value is -3.21. The van der Waals surface area contributed by atoms with E-state index in [9.17, 15) is 23.3 Å². The zero-order valence-electron chi connectivity index (χ0n) is 37.8. The molecule has 1 aromatic carbocycles. The fraction of sp³-hybridized carbons (Fsp3) is 0.477. The molecule has 0 aliphatic rings. The van der Waals surface area contributed by atoms with Crippen LogP contribution < -0.4 is 26.9 Å². The first kappa shape index (κ1) is 53.4. The maximum Gasteiger partial charge on any atom is 0.338 e. The Kier molecular flexibility index (Phi) is 21.9. The van der Waals surface area contributed by atoms with Crippen molar-refractivity contribution in [1.29, 1.82) is 0 Å². The number of aryl methyl sites for hydroxylation is 1. The number of carbonyl (C=O) groups is 2. The first-order chi connectivity index (χ1) is 30.5. The van der Waals surface area contributed by atoms with Gasteiger partial charge in [-0.25, -0.2) is 19.7 Å². The van der Waals surface area contributed by atoms with Crippen LogP contribution in [0, 0.1) is 3.57 Å². The van der Waals surface area contributed by atoms with Crippen LogP contribution in [-0.2, 0) is 74.2 Å². The van der Waals surface area contributed by atoms with Gasteiger partial charge in [-0.15, -0.1) is 0 Å². The summed E-state index contributed by atoms with van der Waals surface area (Å²) in [4.78, 5) is 41.5. The number of ether oxygens (including phenoxy) is 2. The topological polar surface area (TPSA) is 197 Å². The standard InChI is InChI=1S/C44H62IN6O10P3/c1-8-59-62(5,54)40-24-34(17-14-18-43(52)57-4)23-39(50-40)31-51(22-20-47-30-38-27-36(45)28-42(49-38)64(7,56)61-10-3)21-19-46-29-37-25-35(26-41(48-37)63(6,55)60-9-2)44(53)58-32-33-15-12-11-13-16-33/h11-13,15-16,23-28,46-47H,8-10,14,17-22,29-32H2,1-7H3. The highest BCUT2D eigenvalue weighted by Gasteiger charge is 2.26. The maximum absolute atomic E-state index is 13.7. The van der Waals surface area contributed by atoms with E-state index in [4.69, 9.17) is 28.0 Å². The average Bonchev–Trinajstić information content (AvgIpc) is 3.25. The molecule has 0 aliphatic heterocycles. The van der Waals surface area contributed by atoms with Crippen LogP contribution in [0.25, 0.3) is 0 Å². The molecule has 350 valence electrons. The second-order valence-electron chi connectivity index (χ2n) is 15.1. The largest absolute Gasteiger partial charge is 0.469 e. The Labute approximate surface area is 391 Å². The van der Waals surface area contributed by atoms with Crippen molar-refractivity contribution in [2.24, 2.45) is 0 Å². The lowest BCUT2D eigenvalue weighted by Crippen LogP contribution is -2.37. The third-order valence-electron chi connectivity index (χ3n) is 9.72. The molecule has 0 aliphatic carbocycles. The van der Waals surface area contributed by atoms with Crippen molar-refractivity contribution >= 4 is 72.9 Å². The van der Waals surface area contributed by atoms with Gasteiger partial charge in [-0.1, -0.05) is 30.3 Å². The van der Waals surface area contributed by atoms with Gasteiger partial charge in [-0.2, -0.15) is 0 Å². The van der Waals surface area contributed by atoms with Crippen LogP contribution in [0.1, 0.15) is 72.2 Å². The van der Waals surface area contributed by atoms with E-state index in [1.807, 2.05) is 42.5 Å². The van der Waals surface area contributed by atoms with E-state index in [1.54, 1.807) is 52.3 Å². The number of hydrogen-bond acceptors (Lipinski definition) is 16. The number of aromatic nitrogens is 3. The number of esters is 2. The van der Waals surface area contributed by atoms with E-state index in [1.165, 1.54) is 19.8 Å². The molecule has 2 N–H and O–H groups in total. The molecule has 0 spiro atoms. The number of nitrogens with zero attached hydrogens (tertiary/aromatic N) is 4. The van der Waals surface area contributed by atoms with Gasteiger partial charge in [0.1, 0.15) is 22.9 Å². The minimum Gasteiger partial charge on any atom is -0.469 e. The zero-order chi connectivity index (χ0) is 46.8. The molecule has 3 aromatic heterocycles. The molecule has 3 unspecified atom stereocenters. The summed E-state index contributed by atoms with van der Waals surface area (Å²) in [6.07, 6.45) is 1.34. The average molecular weight is 1050 g/mol.